The zero-order valence-electron chi connectivity index (χ0n) is 9.35. The van der Waals surface area contributed by atoms with E-state index in [1.807, 2.05) is 0 Å². The number of anilines is 1. The summed E-state index contributed by atoms with van der Waals surface area (Å²) in [4.78, 5) is 8.11. The molecule has 0 saturated carbocycles. The molecule has 0 aliphatic carbocycles. The van der Waals surface area contributed by atoms with Gasteiger partial charge in [-0.2, -0.15) is 0 Å². The lowest BCUT2D eigenvalue weighted by Gasteiger charge is -2.04. The van der Waals surface area contributed by atoms with Crippen LogP contribution in [0.1, 0.15) is 11.4 Å². The Labute approximate surface area is 98.3 Å². The molecular formula is C12H12FN3O. The van der Waals surface area contributed by atoms with Gasteiger partial charge in [-0.25, -0.2) is 14.4 Å². The molecular weight excluding hydrogens is 221 g/mol. The fraction of sp³-hybridized carbons (Fsp3) is 0.167. The van der Waals surface area contributed by atoms with E-state index in [0.717, 1.165) is 5.56 Å². The first-order valence-electron chi connectivity index (χ1n) is 5.08. The van der Waals surface area contributed by atoms with Crippen molar-refractivity contribution in [3.8, 4) is 5.75 Å². The van der Waals surface area contributed by atoms with Crippen molar-refractivity contribution in [1.82, 2.24) is 9.97 Å². The third-order valence-corrected chi connectivity index (χ3v) is 2.30. The Morgan fingerprint density at radius 3 is 2.59 bits per heavy atom. The molecule has 17 heavy (non-hydrogen) atoms. The van der Waals surface area contributed by atoms with E-state index in [1.165, 1.54) is 25.6 Å². The summed E-state index contributed by atoms with van der Waals surface area (Å²) in [7, 11) is 1.43. The molecule has 0 bridgehead atoms. The highest BCUT2D eigenvalue weighted by Crippen LogP contribution is 2.18. The number of hydrogen-bond acceptors (Lipinski definition) is 4. The first kappa shape index (κ1) is 11.3. The maximum absolute atomic E-state index is 13.4. The topological polar surface area (TPSA) is 61.0 Å². The third-order valence-electron chi connectivity index (χ3n) is 2.30. The van der Waals surface area contributed by atoms with Crippen molar-refractivity contribution in [1.29, 1.82) is 0 Å². The van der Waals surface area contributed by atoms with Crippen molar-refractivity contribution < 1.29 is 9.13 Å². The number of nitrogens with zero attached hydrogens (tertiary/aromatic N) is 2. The van der Waals surface area contributed by atoms with Crippen LogP contribution in [0, 0.1) is 5.82 Å². The smallest absolute Gasteiger partial charge is 0.165 e. The molecule has 1 heterocycles. The Hall–Kier alpha value is -2.17. The normalized spacial score (nSPS) is 10.2. The first-order chi connectivity index (χ1) is 8.19. The summed E-state index contributed by atoms with van der Waals surface area (Å²) in [5.74, 6) is 0.441. The molecule has 0 aliphatic rings. The van der Waals surface area contributed by atoms with Crippen LogP contribution in [0.15, 0.2) is 30.6 Å². The van der Waals surface area contributed by atoms with Crippen LogP contribution in [0.4, 0.5) is 10.1 Å². The van der Waals surface area contributed by atoms with Crippen molar-refractivity contribution in [2.24, 2.45) is 0 Å². The molecule has 0 radical (unpaired) electrons. The van der Waals surface area contributed by atoms with E-state index in [1.54, 1.807) is 12.1 Å². The molecule has 2 N–H and O–H groups in total. The van der Waals surface area contributed by atoms with Crippen LogP contribution in [0.25, 0.3) is 0 Å². The van der Waals surface area contributed by atoms with E-state index < -0.39 is 0 Å². The molecule has 0 saturated heterocycles. The summed E-state index contributed by atoms with van der Waals surface area (Å²) in [5.41, 5.74) is 6.77. The highest BCUT2D eigenvalue weighted by molar-refractivity contribution is 5.33. The second kappa shape index (κ2) is 4.78. The minimum absolute atomic E-state index is 0.229. The zero-order chi connectivity index (χ0) is 12.3. The summed E-state index contributed by atoms with van der Waals surface area (Å²) in [6, 6.07) is 4.78. The Kier molecular flexibility index (Phi) is 3.18. The van der Waals surface area contributed by atoms with Crippen LogP contribution in [-0.4, -0.2) is 17.1 Å². The Balaban J connectivity index is 2.19. The summed E-state index contributed by atoms with van der Waals surface area (Å²) < 4.78 is 18.3. The predicted octanol–water partition coefficient (Wildman–Crippen LogP) is 1.80. The van der Waals surface area contributed by atoms with Gasteiger partial charge in [0.2, 0.25) is 0 Å². The lowest BCUT2D eigenvalue weighted by atomic mass is 10.1. The van der Waals surface area contributed by atoms with Crippen molar-refractivity contribution in [2.45, 2.75) is 6.42 Å². The van der Waals surface area contributed by atoms with Crippen molar-refractivity contribution >= 4 is 5.69 Å². The van der Waals surface area contributed by atoms with Crippen LogP contribution in [0.2, 0.25) is 0 Å². The molecule has 5 heteroatoms. The molecule has 1 aromatic carbocycles. The molecule has 0 aliphatic heterocycles. The largest absolute Gasteiger partial charge is 0.494 e. The highest BCUT2D eigenvalue weighted by atomic mass is 19.1. The Bertz CT molecular complexity index is 514. The minimum atomic E-state index is -0.388. The molecule has 4 nitrogen and oxygen atoms in total. The van der Waals surface area contributed by atoms with Gasteiger partial charge in [-0.1, -0.05) is 6.07 Å². The molecule has 88 valence electrons. The van der Waals surface area contributed by atoms with Gasteiger partial charge in [0.15, 0.2) is 11.6 Å². The summed E-state index contributed by atoms with van der Waals surface area (Å²) >= 11 is 0. The molecule has 2 rings (SSSR count). The lowest BCUT2D eigenvalue weighted by Crippen LogP contribution is -1.98. The van der Waals surface area contributed by atoms with E-state index in [2.05, 4.69) is 9.97 Å². The Morgan fingerprint density at radius 1 is 1.29 bits per heavy atom. The molecule has 2 aromatic rings. The van der Waals surface area contributed by atoms with E-state index in [9.17, 15) is 4.39 Å². The van der Waals surface area contributed by atoms with Crippen LogP contribution in [0.5, 0.6) is 5.75 Å². The van der Waals surface area contributed by atoms with Crippen molar-refractivity contribution in [2.75, 3.05) is 12.8 Å². The summed E-state index contributed by atoms with van der Waals surface area (Å²) in [6.07, 6.45) is 3.52. The van der Waals surface area contributed by atoms with Crippen LogP contribution >= 0.6 is 0 Å². The number of hydrogen-bond donors (Lipinski definition) is 1. The monoisotopic (exact) mass is 233 g/mol. The molecule has 0 atom stereocenters. The van der Waals surface area contributed by atoms with Gasteiger partial charge in [0.05, 0.1) is 25.2 Å². The average Bonchev–Trinajstić information content (AvgIpc) is 2.32. The van der Waals surface area contributed by atoms with Gasteiger partial charge in [0.25, 0.3) is 0 Å². The quantitative estimate of drug-likeness (QED) is 0.878. The molecule has 0 amide bonds. The van der Waals surface area contributed by atoms with Gasteiger partial charge < -0.3 is 10.5 Å². The van der Waals surface area contributed by atoms with E-state index in [4.69, 9.17) is 10.5 Å². The fourth-order valence-corrected chi connectivity index (χ4v) is 1.46. The van der Waals surface area contributed by atoms with Crippen molar-refractivity contribution in [3.05, 3.63) is 47.8 Å². The van der Waals surface area contributed by atoms with Crippen LogP contribution < -0.4 is 10.5 Å². The standard InChI is InChI=1S/C12H12FN3O/c1-17-11-3-2-8(4-10(11)13)5-12-15-6-9(14)7-16-12/h2-4,6-7H,5,14H2,1H3. The number of methoxy groups -OCH3 is 1. The van der Waals surface area contributed by atoms with E-state index in [0.29, 0.717) is 17.9 Å². The minimum Gasteiger partial charge on any atom is -0.494 e. The number of nitrogens with two attached hydrogens (primary N) is 1. The van der Waals surface area contributed by atoms with Gasteiger partial charge in [-0.15, -0.1) is 0 Å². The third kappa shape index (κ3) is 2.69. The number of rotatable bonds is 3. The number of benzene rings is 1. The molecule has 0 unspecified atom stereocenters. The van der Waals surface area contributed by atoms with Gasteiger partial charge in [0.1, 0.15) is 5.82 Å². The highest BCUT2D eigenvalue weighted by Gasteiger charge is 2.05. The lowest BCUT2D eigenvalue weighted by molar-refractivity contribution is 0.386. The second-order valence-electron chi connectivity index (χ2n) is 3.58. The summed E-state index contributed by atoms with van der Waals surface area (Å²) in [6.45, 7) is 0. The number of nitrogen functional groups attached to an aromatic ring is 1. The Morgan fingerprint density at radius 2 is 2.00 bits per heavy atom. The molecule has 1 aromatic heterocycles. The first-order valence-corrected chi connectivity index (χ1v) is 5.08. The number of aromatic nitrogens is 2. The maximum Gasteiger partial charge on any atom is 0.165 e. The summed E-state index contributed by atoms with van der Waals surface area (Å²) in [5, 5.41) is 0. The van der Waals surface area contributed by atoms with Gasteiger partial charge in [-0.05, 0) is 17.7 Å². The van der Waals surface area contributed by atoms with Crippen LogP contribution in [-0.2, 0) is 6.42 Å². The van der Waals surface area contributed by atoms with Crippen LogP contribution in [0.3, 0.4) is 0 Å². The zero-order valence-corrected chi connectivity index (χ0v) is 9.35. The number of halogens is 1. The second-order valence-corrected chi connectivity index (χ2v) is 3.58. The maximum atomic E-state index is 13.4. The number of ether oxygens (including phenoxy) is 1. The SMILES string of the molecule is COc1ccc(Cc2ncc(N)cn2)cc1F. The average molecular weight is 233 g/mol. The van der Waals surface area contributed by atoms with E-state index >= 15 is 0 Å². The molecule has 0 spiro atoms. The van der Waals surface area contributed by atoms with Gasteiger partial charge in [-0.3, -0.25) is 0 Å². The fourth-order valence-electron chi connectivity index (χ4n) is 1.46. The van der Waals surface area contributed by atoms with Gasteiger partial charge in [0, 0.05) is 6.42 Å². The predicted molar refractivity (Wildman–Crippen MR) is 62.2 cm³/mol. The molecule has 0 fully saturated rings. The van der Waals surface area contributed by atoms with Gasteiger partial charge >= 0.3 is 0 Å². The van der Waals surface area contributed by atoms with E-state index in [-0.39, 0.29) is 11.6 Å². The van der Waals surface area contributed by atoms with Crippen molar-refractivity contribution in [3.63, 3.8) is 0 Å².